The van der Waals surface area contributed by atoms with E-state index in [2.05, 4.69) is 26.9 Å². The maximum absolute atomic E-state index is 11.4. The average molecular weight is 272 g/mol. The van der Waals surface area contributed by atoms with E-state index in [0.717, 1.165) is 23.8 Å². The number of hydrogen-bond donors (Lipinski definition) is 2. The number of carbonyl (C=O) groups excluding carboxylic acids is 1. The van der Waals surface area contributed by atoms with E-state index in [0.29, 0.717) is 26.1 Å². The number of ether oxygens (including phenoxy) is 1. The van der Waals surface area contributed by atoms with Crippen LogP contribution in [0.3, 0.4) is 0 Å². The molecule has 18 heavy (non-hydrogen) atoms. The molecule has 0 aliphatic heterocycles. The van der Waals surface area contributed by atoms with Crippen molar-refractivity contribution in [1.82, 2.24) is 14.7 Å². The van der Waals surface area contributed by atoms with Gasteiger partial charge in [-0.15, -0.1) is 0 Å². The smallest absolute Gasteiger partial charge is 0.221 e. The summed E-state index contributed by atoms with van der Waals surface area (Å²) < 4.78 is 9.06. The Morgan fingerprint density at radius 2 is 2.28 bits per heavy atom. The highest BCUT2D eigenvalue weighted by atomic mass is 32.1. The summed E-state index contributed by atoms with van der Waals surface area (Å²) >= 11 is 1.34. The minimum Gasteiger partial charge on any atom is -0.383 e. The fourth-order valence-electron chi connectivity index (χ4n) is 1.31. The Kier molecular flexibility index (Phi) is 7.28. The van der Waals surface area contributed by atoms with Crippen LogP contribution >= 0.6 is 11.5 Å². The molecule has 0 bridgehead atoms. The van der Waals surface area contributed by atoms with Gasteiger partial charge in [-0.1, -0.05) is 6.92 Å². The number of rotatable bonds is 9. The third kappa shape index (κ3) is 5.92. The summed E-state index contributed by atoms with van der Waals surface area (Å²) in [6, 6.07) is 0. The van der Waals surface area contributed by atoms with Crippen molar-refractivity contribution in [2.75, 3.05) is 32.1 Å². The van der Waals surface area contributed by atoms with Crippen molar-refractivity contribution >= 4 is 22.6 Å². The van der Waals surface area contributed by atoms with Crippen LogP contribution in [0.1, 0.15) is 25.6 Å². The zero-order valence-electron chi connectivity index (χ0n) is 10.9. The fourth-order valence-corrected chi connectivity index (χ4v) is 1.95. The highest BCUT2D eigenvalue weighted by Gasteiger charge is 2.04. The molecule has 0 radical (unpaired) electrons. The Morgan fingerprint density at radius 3 is 3.00 bits per heavy atom. The van der Waals surface area contributed by atoms with Crippen LogP contribution in [0.25, 0.3) is 0 Å². The van der Waals surface area contributed by atoms with E-state index < -0.39 is 0 Å². The molecule has 0 saturated heterocycles. The van der Waals surface area contributed by atoms with Gasteiger partial charge in [0.05, 0.1) is 6.61 Å². The molecule has 2 N–H and O–H groups in total. The van der Waals surface area contributed by atoms with Gasteiger partial charge in [-0.05, 0) is 6.42 Å². The predicted molar refractivity (Wildman–Crippen MR) is 71.9 cm³/mol. The summed E-state index contributed by atoms with van der Waals surface area (Å²) in [6.07, 6.45) is 2.36. The monoisotopic (exact) mass is 272 g/mol. The minimum absolute atomic E-state index is 0.0119. The summed E-state index contributed by atoms with van der Waals surface area (Å²) in [7, 11) is 1.61. The van der Waals surface area contributed by atoms with E-state index >= 15 is 0 Å². The van der Waals surface area contributed by atoms with Crippen molar-refractivity contribution in [3.63, 3.8) is 0 Å². The first-order chi connectivity index (χ1) is 8.76. The molecule has 1 amide bonds. The van der Waals surface area contributed by atoms with Crippen molar-refractivity contribution in [2.24, 2.45) is 0 Å². The average Bonchev–Trinajstić information content (AvgIpc) is 2.78. The normalized spacial score (nSPS) is 10.3. The number of carbonyl (C=O) groups is 1. The Balaban J connectivity index is 2.14. The number of anilines is 1. The second-order valence-electron chi connectivity index (χ2n) is 3.79. The summed E-state index contributed by atoms with van der Waals surface area (Å²) in [6.45, 7) is 3.75. The van der Waals surface area contributed by atoms with Crippen LogP contribution in [-0.2, 0) is 16.0 Å². The number of amides is 1. The molecule has 1 heterocycles. The van der Waals surface area contributed by atoms with Gasteiger partial charge in [-0.2, -0.15) is 4.37 Å². The zero-order chi connectivity index (χ0) is 13.2. The lowest BCUT2D eigenvalue weighted by Gasteiger charge is -2.04. The van der Waals surface area contributed by atoms with Crippen LogP contribution in [0.5, 0.6) is 0 Å². The fraction of sp³-hybridized carbons (Fsp3) is 0.727. The molecule has 0 spiro atoms. The maximum atomic E-state index is 11.4. The van der Waals surface area contributed by atoms with Gasteiger partial charge in [0.1, 0.15) is 5.82 Å². The molecule has 6 nitrogen and oxygen atoms in total. The molecule has 1 rings (SSSR count). The molecule has 0 atom stereocenters. The van der Waals surface area contributed by atoms with Crippen molar-refractivity contribution in [1.29, 1.82) is 0 Å². The third-order valence-corrected chi connectivity index (χ3v) is 2.91. The summed E-state index contributed by atoms with van der Waals surface area (Å²) in [4.78, 5) is 15.7. The highest BCUT2D eigenvalue weighted by molar-refractivity contribution is 7.09. The largest absolute Gasteiger partial charge is 0.383 e. The molecule has 0 fully saturated rings. The SMILES string of the molecule is CCCc1nsc(NCCC(=O)NCCOC)n1. The van der Waals surface area contributed by atoms with Gasteiger partial charge in [0.15, 0.2) is 0 Å². The van der Waals surface area contributed by atoms with Gasteiger partial charge >= 0.3 is 0 Å². The molecule has 0 aliphatic rings. The molecule has 1 aromatic heterocycles. The van der Waals surface area contributed by atoms with Crippen molar-refractivity contribution < 1.29 is 9.53 Å². The second kappa shape index (κ2) is 8.82. The van der Waals surface area contributed by atoms with E-state index in [9.17, 15) is 4.79 Å². The molecule has 1 aromatic rings. The summed E-state index contributed by atoms with van der Waals surface area (Å²) in [5.74, 6) is 0.882. The summed E-state index contributed by atoms with van der Waals surface area (Å²) in [5.41, 5.74) is 0. The molecule has 102 valence electrons. The molecule has 0 aromatic carbocycles. The summed E-state index contributed by atoms with van der Waals surface area (Å²) in [5, 5.41) is 6.64. The lowest BCUT2D eigenvalue weighted by molar-refractivity contribution is -0.121. The molecule has 0 saturated carbocycles. The standard InChI is InChI=1S/C11H20N4O2S/c1-3-4-9-14-11(18-15-9)13-6-5-10(16)12-7-8-17-2/h3-8H2,1-2H3,(H,12,16)(H,13,14,15). The number of methoxy groups -OCH3 is 1. The topological polar surface area (TPSA) is 76.1 Å². The van der Waals surface area contributed by atoms with Crippen LogP contribution in [0.2, 0.25) is 0 Å². The third-order valence-electron chi connectivity index (χ3n) is 2.20. The first-order valence-corrected chi connectivity index (χ1v) is 6.85. The van der Waals surface area contributed by atoms with E-state index in [4.69, 9.17) is 4.74 Å². The van der Waals surface area contributed by atoms with E-state index in [1.807, 2.05) is 0 Å². The van der Waals surface area contributed by atoms with Crippen LogP contribution in [0.15, 0.2) is 0 Å². The van der Waals surface area contributed by atoms with Gasteiger partial charge in [0.25, 0.3) is 0 Å². The van der Waals surface area contributed by atoms with Gasteiger partial charge < -0.3 is 15.4 Å². The molecule has 7 heteroatoms. The Hall–Kier alpha value is -1.21. The Labute approximate surface area is 111 Å². The molecular formula is C11H20N4O2S. The van der Waals surface area contributed by atoms with Crippen LogP contribution < -0.4 is 10.6 Å². The Morgan fingerprint density at radius 1 is 1.44 bits per heavy atom. The van der Waals surface area contributed by atoms with Crippen molar-refractivity contribution in [3.8, 4) is 0 Å². The van der Waals surface area contributed by atoms with Crippen molar-refractivity contribution in [2.45, 2.75) is 26.2 Å². The number of aromatic nitrogens is 2. The first-order valence-electron chi connectivity index (χ1n) is 6.08. The van der Waals surface area contributed by atoms with Gasteiger partial charge in [0.2, 0.25) is 11.0 Å². The second-order valence-corrected chi connectivity index (χ2v) is 4.54. The predicted octanol–water partition coefficient (Wildman–Crippen LogP) is 1.06. The van der Waals surface area contributed by atoms with Crippen LogP contribution in [0.4, 0.5) is 5.13 Å². The van der Waals surface area contributed by atoms with Gasteiger partial charge in [-0.25, -0.2) is 4.98 Å². The van der Waals surface area contributed by atoms with Gasteiger partial charge in [-0.3, -0.25) is 4.79 Å². The van der Waals surface area contributed by atoms with E-state index in [1.165, 1.54) is 11.5 Å². The van der Waals surface area contributed by atoms with E-state index in [-0.39, 0.29) is 5.91 Å². The maximum Gasteiger partial charge on any atom is 0.221 e. The number of hydrogen-bond acceptors (Lipinski definition) is 6. The molecule has 0 unspecified atom stereocenters. The number of nitrogens with one attached hydrogen (secondary N) is 2. The highest BCUT2D eigenvalue weighted by Crippen LogP contribution is 2.11. The first kappa shape index (κ1) is 14.8. The van der Waals surface area contributed by atoms with Crippen LogP contribution in [0, 0.1) is 0 Å². The molecular weight excluding hydrogens is 252 g/mol. The quantitative estimate of drug-likeness (QED) is 0.657. The molecule has 0 aliphatic carbocycles. The minimum atomic E-state index is 0.0119. The number of aryl methyl sites for hydroxylation is 1. The zero-order valence-corrected chi connectivity index (χ0v) is 11.7. The Bertz CT molecular complexity index is 357. The lowest BCUT2D eigenvalue weighted by Crippen LogP contribution is -2.28. The van der Waals surface area contributed by atoms with Gasteiger partial charge in [0, 0.05) is 44.6 Å². The number of nitrogens with zero attached hydrogens (tertiary/aromatic N) is 2. The lowest BCUT2D eigenvalue weighted by atomic mass is 10.3. The van der Waals surface area contributed by atoms with Crippen LogP contribution in [-0.4, -0.2) is 42.1 Å². The van der Waals surface area contributed by atoms with Crippen molar-refractivity contribution in [3.05, 3.63) is 5.82 Å². The van der Waals surface area contributed by atoms with E-state index in [1.54, 1.807) is 7.11 Å².